The highest BCUT2D eigenvalue weighted by Crippen LogP contribution is 2.31. The summed E-state index contributed by atoms with van der Waals surface area (Å²) < 4.78 is 7.39. The Bertz CT molecular complexity index is 931. The first-order chi connectivity index (χ1) is 12.7. The second kappa shape index (κ2) is 8.60. The van der Waals surface area contributed by atoms with E-state index in [9.17, 15) is 4.79 Å². The lowest BCUT2D eigenvalue weighted by molar-refractivity contribution is -0.114. The molecule has 0 saturated heterocycles. The number of aromatic nitrogens is 1. The van der Waals surface area contributed by atoms with Gasteiger partial charge in [-0.2, -0.15) is 0 Å². The van der Waals surface area contributed by atoms with Crippen molar-refractivity contribution in [2.24, 2.45) is 4.99 Å². The number of carbonyl (C=O) groups is 1. The van der Waals surface area contributed by atoms with Crippen molar-refractivity contribution in [3.8, 4) is 11.3 Å². The standard InChI is InChI=1S/C20H21N3O2S/c1-15(24)21-19-18(16-9-5-3-6-10-16)23(13-14-25-2)20(26-19)22-17-11-7-4-8-12-17/h3-12H,13-14H2,1-2H3,(H,21,24). The lowest BCUT2D eigenvalue weighted by Crippen LogP contribution is -2.18. The van der Waals surface area contributed by atoms with Gasteiger partial charge in [0.15, 0.2) is 4.80 Å². The minimum Gasteiger partial charge on any atom is -0.383 e. The number of hydrogen-bond donors (Lipinski definition) is 1. The van der Waals surface area contributed by atoms with Crippen LogP contribution in [-0.2, 0) is 16.1 Å². The van der Waals surface area contributed by atoms with E-state index in [-0.39, 0.29) is 5.91 Å². The van der Waals surface area contributed by atoms with Crippen LogP contribution in [0.4, 0.5) is 10.7 Å². The summed E-state index contributed by atoms with van der Waals surface area (Å²) in [5.41, 5.74) is 2.84. The molecule has 0 aliphatic carbocycles. The fraction of sp³-hybridized carbons (Fsp3) is 0.200. The van der Waals surface area contributed by atoms with Gasteiger partial charge in [0.2, 0.25) is 5.91 Å². The molecule has 1 N–H and O–H groups in total. The van der Waals surface area contributed by atoms with Crippen molar-refractivity contribution in [1.29, 1.82) is 0 Å². The minimum absolute atomic E-state index is 0.103. The van der Waals surface area contributed by atoms with Gasteiger partial charge in [0.1, 0.15) is 5.00 Å². The van der Waals surface area contributed by atoms with Crippen molar-refractivity contribution in [2.75, 3.05) is 19.0 Å². The van der Waals surface area contributed by atoms with E-state index in [0.29, 0.717) is 13.2 Å². The molecule has 0 fully saturated rings. The minimum atomic E-state index is -0.103. The molecule has 0 bridgehead atoms. The summed E-state index contributed by atoms with van der Waals surface area (Å²) in [6, 6.07) is 19.8. The van der Waals surface area contributed by atoms with Gasteiger partial charge in [-0.1, -0.05) is 59.9 Å². The Morgan fingerprint density at radius 1 is 1.12 bits per heavy atom. The van der Waals surface area contributed by atoms with Gasteiger partial charge in [-0.05, 0) is 12.1 Å². The maximum Gasteiger partial charge on any atom is 0.221 e. The third-order valence-corrected chi connectivity index (χ3v) is 4.74. The van der Waals surface area contributed by atoms with E-state index in [4.69, 9.17) is 9.73 Å². The Morgan fingerprint density at radius 3 is 2.38 bits per heavy atom. The maximum absolute atomic E-state index is 11.7. The van der Waals surface area contributed by atoms with E-state index in [1.807, 2.05) is 60.7 Å². The Labute approximate surface area is 156 Å². The molecular formula is C20H21N3O2S. The molecule has 1 aromatic heterocycles. The van der Waals surface area contributed by atoms with E-state index in [0.717, 1.165) is 26.7 Å². The number of hydrogen-bond acceptors (Lipinski definition) is 4. The van der Waals surface area contributed by atoms with E-state index < -0.39 is 0 Å². The van der Waals surface area contributed by atoms with Gasteiger partial charge in [0, 0.05) is 26.1 Å². The van der Waals surface area contributed by atoms with Crippen LogP contribution in [0.25, 0.3) is 11.3 Å². The van der Waals surface area contributed by atoms with Crippen LogP contribution >= 0.6 is 11.3 Å². The highest BCUT2D eigenvalue weighted by molar-refractivity contribution is 7.14. The largest absolute Gasteiger partial charge is 0.383 e. The molecule has 3 aromatic rings. The lowest BCUT2D eigenvalue weighted by Gasteiger charge is -2.11. The van der Waals surface area contributed by atoms with Gasteiger partial charge in [-0.25, -0.2) is 4.99 Å². The van der Waals surface area contributed by atoms with Gasteiger partial charge in [-0.15, -0.1) is 0 Å². The molecule has 0 saturated carbocycles. The van der Waals surface area contributed by atoms with E-state index in [2.05, 4.69) is 9.88 Å². The number of rotatable bonds is 6. The van der Waals surface area contributed by atoms with Crippen LogP contribution in [0.1, 0.15) is 6.92 Å². The third kappa shape index (κ3) is 4.28. The Morgan fingerprint density at radius 2 is 1.77 bits per heavy atom. The van der Waals surface area contributed by atoms with Crippen LogP contribution in [0.3, 0.4) is 0 Å². The monoisotopic (exact) mass is 367 g/mol. The molecule has 1 amide bonds. The average Bonchev–Trinajstić information content (AvgIpc) is 2.97. The van der Waals surface area contributed by atoms with Gasteiger partial charge in [0.05, 0.1) is 18.0 Å². The molecule has 6 heteroatoms. The second-order valence-corrected chi connectivity index (χ2v) is 6.68. The van der Waals surface area contributed by atoms with Gasteiger partial charge >= 0.3 is 0 Å². The molecule has 0 radical (unpaired) electrons. The second-order valence-electron chi connectivity index (χ2n) is 5.70. The zero-order valence-corrected chi connectivity index (χ0v) is 15.6. The van der Waals surface area contributed by atoms with Crippen molar-refractivity contribution in [3.05, 3.63) is 65.5 Å². The highest BCUT2D eigenvalue weighted by Gasteiger charge is 2.16. The van der Waals surface area contributed by atoms with Crippen molar-refractivity contribution in [1.82, 2.24) is 4.57 Å². The number of nitrogens with one attached hydrogen (secondary N) is 1. The highest BCUT2D eigenvalue weighted by atomic mass is 32.1. The van der Waals surface area contributed by atoms with E-state index in [1.165, 1.54) is 18.3 Å². The molecule has 0 aliphatic rings. The summed E-state index contributed by atoms with van der Waals surface area (Å²) in [5.74, 6) is -0.103. The molecule has 5 nitrogen and oxygen atoms in total. The van der Waals surface area contributed by atoms with Crippen molar-refractivity contribution in [3.63, 3.8) is 0 Å². The lowest BCUT2D eigenvalue weighted by atomic mass is 10.1. The Kier molecular flexibility index (Phi) is 5.99. The molecule has 0 aliphatic heterocycles. The number of benzene rings is 2. The number of amides is 1. The molecule has 0 spiro atoms. The number of nitrogens with zero attached hydrogens (tertiary/aromatic N) is 2. The number of thiazole rings is 1. The Balaban J connectivity index is 2.22. The first kappa shape index (κ1) is 18.1. The number of methoxy groups -OCH3 is 1. The fourth-order valence-corrected chi connectivity index (χ4v) is 3.77. The van der Waals surface area contributed by atoms with E-state index >= 15 is 0 Å². The molecule has 26 heavy (non-hydrogen) atoms. The maximum atomic E-state index is 11.7. The summed E-state index contributed by atoms with van der Waals surface area (Å²) in [6.45, 7) is 2.71. The predicted molar refractivity (Wildman–Crippen MR) is 106 cm³/mol. The quantitative estimate of drug-likeness (QED) is 0.714. The molecular weight excluding hydrogens is 346 g/mol. The first-order valence-corrected chi connectivity index (χ1v) is 9.16. The van der Waals surface area contributed by atoms with Crippen LogP contribution in [0, 0.1) is 0 Å². The number of anilines is 1. The molecule has 134 valence electrons. The predicted octanol–water partition coefficient (Wildman–Crippen LogP) is 4.05. The van der Waals surface area contributed by atoms with Crippen molar-refractivity contribution >= 4 is 27.9 Å². The van der Waals surface area contributed by atoms with Crippen molar-refractivity contribution in [2.45, 2.75) is 13.5 Å². The molecule has 1 heterocycles. The van der Waals surface area contributed by atoms with E-state index in [1.54, 1.807) is 7.11 Å². The van der Waals surface area contributed by atoms with Gasteiger partial charge in [-0.3, -0.25) is 4.79 Å². The molecule has 2 aromatic carbocycles. The van der Waals surface area contributed by atoms with Crippen LogP contribution < -0.4 is 10.1 Å². The summed E-state index contributed by atoms with van der Waals surface area (Å²) in [5, 5.41) is 3.74. The third-order valence-electron chi connectivity index (χ3n) is 3.75. The molecule has 0 unspecified atom stereocenters. The number of para-hydroxylation sites is 1. The van der Waals surface area contributed by atoms with Crippen molar-refractivity contribution < 1.29 is 9.53 Å². The fourth-order valence-electron chi connectivity index (χ4n) is 2.63. The normalized spacial score (nSPS) is 11.5. The summed E-state index contributed by atoms with van der Waals surface area (Å²) >= 11 is 1.46. The van der Waals surface area contributed by atoms with Gasteiger partial charge in [0.25, 0.3) is 0 Å². The van der Waals surface area contributed by atoms with Crippen LogP contribution in [0.5, 0.6) is 0 Å². The zero-order valence-electron chi connectivity index (χ0n) is 14.8. The summed E-state index contributed by atoms with van der Waals surface area (Å²) in [6.07, 6.45) is 0. The SMILES string of the molecule is COCCn1c(-c2ccccc2)c(NC(C)=O)sc1=Nc1ccccc1. The van der Waals surface area contributed by atoms with Crippen LogP contribution in [-0.4, -0.2) is 24.2 Å². The number of carbonyl (C=O) groups excluding carboxylic acids is 1. The first-order valence-electron chi connectivity index (χ1n) is 8.34. The summed E-state index contributed by atoms with van der Waals surface area (Å²) in [4.78, 5) is 17.3. The molecule has 0 atom stereocenters. The zero-order chi connectivity index (χ0) is 18.4. The Hall–Kier alpha value is -2.70. The molecule has 3 rings (SSSR count). The summed E-state index contributed by atoms with van der Waals surface area (Å²) in [7, 11) is 1.68. The number of ether oxygens (including phenoxy) is 1. The van der Waals surface area contributed by atoms with Crippen LogP contribution in [0.2, 0.25) is 0 Å². The topological polar surface area (TPSA) is 55.6 Å². The average molecular weight is 367 g/mol. The van der Waals surface area contributed by atoms with Crippen LogP contribution in [0.15, 0.2) is 65.7 Å². The van der Waals surface area contributed by atoms with Gasteiger partial charge < -0.3 is 14.6 Å². The smallest absolute Gasteiger partial charge is 0.221 e.